The summed E-state index contributed by atoms with van der Waals surface area (Å²) in [6.07, 6.45) is 1.23. The van der Waals surface area contributed by atoms with Gasteiger partial charge in [0.2, 0.25) is 0 Å². The Morgan fingerprint density at radius 2 is 1.75 bits per heavy atom. The third kappa shape index (κ3) is 4.81. The number of nitrogens with one attached hydrogen (secondary N) is 1. The van der Waals surface area contributed by atoms with Crippen molar-refractivity contribution in [2.75, 3.05) is 6.54 Å². The Kier molecular flexibility index (Phi) is 5.73. The smallest absolute Gasteiger partial charge is 0.143 e. The SMILES string of the molecule is CCC(C)(CNC(C)(C)C)Cc1c(F)ccc(Br)c1F. The summed E-state index contributed by atoms with van der Waals surface area (Å²) in [6.45, 7) is 11.1. The molecule has 1 aromatic carbocycles. The minimum atomic E-state index is -0.486. The van der Waals surface area contributed by atoms with E-state index < -0.39 is 11.6 Å². The minimum Gasteiger partial charge on any atom is -0.312 e. The quantitative estimate of drug-likeness (QED) is 0.732. The van der Waals surface area contributed by atoms with Gasteiger partial charge in [0.25, 0.3) is 0 Å². The Morgan fingerprint density at radius 3 is 2.25 bits per heavy atom. The highest BCUT2D eigenvalue weighted by molar-refractivity contribution is 9.10. The molecule has 0 aliphatic heterocycles. The highest BCUT2D eigenvalue weighted by atomic mass is 79.9. The fourth-order valence-electron chi connectivity index (χ4n) is 1.95. The fraction of sp³-hybridized carbons (Fsp3) is 0.625. The Hall–Kier alpha value is -0.480. The van der Waals surface area contributed by atoms with Gasteiger partial charge in [-0.2, -0.15) is 0 Å². The zero-order chi connectivity index (χ0) is 15.6. The molecule has 0 spiro atoms. The van der Waals surface area contributed by atoms with Crippen LogP contribution in [0.3, 0.4) is 0 Å². The summed E-state index contributed by atoms with van der Waals surface area (Å²) in [4.78, 5) is 0. The summed E-state index contributed by atoms with van der Waals surface area (Å²) >= 11 is 3.12. The van der Waals surface area contributed by atoms with E-state index in [1.165, 1.54) is 12.1 Å². The van der Waals surface area contributed by atoms with Crippen molar-refractivity contribution in [3.05, 3.63) is 33.8 Å². The first-order valence-electron chi connectivity index (χ1n) is 6.95. The predicted molar refractivity (Wildman–Crippen MR) is 83.9 cm³/mol. The van der Waals surface area contributed by atoms with Crippen LogP contribution in [0.1, 0.15) is 46.6 Å². The van der Waals surface area contributed by atoms with Gasteiger partial charge in [0, 0.05) is 17.6 Å². The average Bonchev–Trinajstić information content (AvgIpc) is 2.36. The molecular weight excluding hydrogens is 324 g/mol. The van der Waals surface area contributed by atoms with Crippen LogP contribution in [0.4, 0.5) is 8.78 Å². The molecule has 0 aliphatic carbocycles. The van der Waals surface area contributed by atoms with E-state index >= 15 is 0 Å². The number of rotatable bonds is 5. The molecule has 114 valence electrons. The molecule has 0 saturated heterocycles. The molecule has 1 unspecified atom stereocenters. The van der Waals surface area contributed by atoms with E-state index in [0.717, 1.165) is 13.0 Å². The molecule has 0 saturated carbocycles. The largest absolute Gasteiger partial charge is 0.312 e. The number of halogens is 3. The van der Waals surface area contributed by atoms with E-state index in [1.54, 1.807) is 0 Å². The maximum atomic E-state index is 14.1. The van der Waals surface area contributed by atoms with Crippen molar-refractivity contribution in [1.29, 1.82) is 0 Å². The summed E-state index contributed by atoms with van der Waals surface area (Å²) < 4.78 is 28.3. The maximum absolute atomic E-state index is 14.1. The number of hydrogen-bond acceptors (Lipinski definition) is 1. The second-order valence-corrected chi connectivity index (χ2v) is 7.62. The molecule has 20 heavy (non-hydrogen) atoms. The first kappa shape index (κ1) is 17.6. The van der Waals surface area contributed by atoms with Crippen molar-refractivity contribution < 1.29 is 8.78 Å². The highest BCUT2D eigenvalue weighted by Crippen LogP contribution is 2.31. The average molecular weight is 348 g/mol. The van der Waals surface area contributed by atoms with E-state index in [0.29, 0.717) is 10.9 Å². The Balaban J connectivity index is 2.96. The summed E-state index contributed by atoms with van der Waals surface area (Å²) in [5.74, 6) is -0.957. The van der Waals surface area contributed by atoms with Crippen LogP contribution in [-0.4, -0.2) is 12.1 Å². The topological polar surface area (TPSA) is 12.0 Å². The van der Waals surface area contributed by atoms with Gasteiger partial charge < -0.3 is 5.32 Å². The summed E-state index contributed by atoms with van der Waals surface area (Å²) in [7, 11) is 0. The monoisotopic (exact) mass is 347 g/mol. The van der Waals surface area contributed by atoms with E-state index in [2.05, 4.69) is 55.9 Å². The highest BCUT2D eigenvalue weighted by Gasteiger charge is 2.28. The van der Waals surface area contributed by atoms with Crippen molar-refractivity contribution in [2.45, 2.75) is 53.0 Å². The lowest BCUT2D eigenvalue weighted by atomic mass is 9.80. The van der Waals surface area contributed by atoms with Crippen LogP contribution in [-0.2, 0) is 6.42 Å². The van der Waals surface area contributed by atoms with Gasteiger partial charge in [-0.15, -0.1) is 0 Å². The van der Waals surface area contributed by atoms with E-state index in [4.69, 9.17) is 0 Å². The lowest BCUT2D eigenvalue weighted by Gasteiger charge is -2.33. The number of benzene rings is 1. The molecule has 1 atom stereocenters. The van der Waals surface area contributed by atoms with E-state index in [1.807, 2.05) is 0 Å². The lowest BCUT2D eigenvalue weighted by Crippen LogP contribution is -2.43. The van der Waals surface area contributed by atoms with Crippen LogP contribution in [0, 0.1) is 17.0 Å². The molecule has 0 heterocycles. The van der Waals surface area contributed by atoms with Crippen molar-refractivity contribution >= 4 is 15.9 Å². The summed E-state index contributed by atoms with van der Waals surface area (Å²) in [5.41, 5.74) is -0.0278. The molecule has 0 amide bonds. The van der Waals surface area contributed by atoms with Crippen LogP contribution < -0.4 is 5.32 Å². The first-order chi connectivity index (χ1) is 9.08. The zero-order valence-corrected chi connectivity index (χ0v) is 14.5. The Morgan fingerprint density at radius 1 is 1.15 bits per heavy atom. The lowest BCUT2D eigenvalue weighted by molar-refractivity contribution is 0.249. The summed E-state index contributed by atoms with van der Waals surface area (Å²) in [6, 6.07) is 2.72. The number of hydrogen-bond donors (Lipinski definition) is 1. The summed E-state index contributed by atoms with van der Waals surface area (Å²) in [5, 5.41) is 3.43. The van der Waals surface area contributed by atoms with Gasteiger partial charge in [0.1, 0.15) is 11.6 Å². The van der Waals surface area contributed by atoms with Crippen molar-refractivity contribution in [3.8, 4) is 0 Å². The third-order valence-corrected chi connectivity index (χ3v) is 4.25. The van der Waals surface area contributed by atoms with Gasteiger partial charge in [0.05, 0.1) is 4.47 Å². The standard InChI is InChI=1S/C16H24BrF2N/c1-6-16(5,10-20-15(2,3)4)9-11-13(18)8-7-12(17)14(11)19/h7-8,20H,6,9-10H2,1-5H3. The minimum absolute atomic E-state index is 0.00914. The second-order valence-electron chi connectivity index (χ2n) is 6.77. The molecule has 1 rings (SSSR count). The van der Waals surface area contributed by atoms with Crippen molar-refractivity contribution in [2.24, 2.45) is 5.41 Å². The van der Waals surface area contributed by atoms with Crippen molar-refractivity contribution in [1.82, 2.24) is 5.32 Å². The van der Waals surface area contributed by atoms with Gasteiger partial charge in [-0.3, -0.25) is 0 Å². The molecule has 1 aromatic rings. The van der Waals surface area contributed by atoms with Crippen LogP contribution in [0.25, 0.3) is 0 Å². The zero-order valence-electron chi connectivity index (χ0n) is 12.9. The van der Waals surface area contributed by atoms with E-state index in [9.17, 15) is 8.78 Å². The fourth-order valence-corrected chi connectivity index (χ4v) is 2.32. The third-order valence-electron chi connectivity index (χ3n) is 3.64. The second kappa shape index (κ2) is 6.52. The molecular formula is C16H24BrF2N. The molecule has 1 N–H and O–H groups in total. The maximum Gasteiger partial charge on any atom is 0.143 e. The molecule has 0 fully saturated rings. The Bertz CT molecular complexity index is 468. The van der Waals surface area contributed by atoms with Crippen LogP contribution in [0.2, 0.25) is 0 Å². The van der Waals surface area contributed by atoms with Crippen LogP contribution in [0.5, 0.6) is 0 Å². The molecule has 0 aliphatic rings. The van der Waals surface area contributed by atoms with Gasteiger partial charge >= 0.3 is 0 Å². The molecule has 1 nitrogen and oxygen atoms in total. The van der Waals surface area contributed by atoms with Gasteiger partial charge in [0.15, 0.2) is 0 Å². The molecule has 0 aromatic heterocycles. The normalized spacial score (nSPS) is 15.2. The van der Waals surface area contributed by atoms with Crippen LogP contribution >= 0.6 is 15.9 Å². The van der Waals surface area contributed by atoms with Gasteiger partial charge in [-0.1, -0.05) is 13.8 Å². The first-order valence-corrected chi connectivity index (χ1v) is 7.75. The van der Waals surface area contributed by atoms with Crippen molar-refractivity contribution in [3.63, 3.8) is 0 Å². The molecule has 0 radical (unpaired) electrons. The Labute approximate surface area is 129 Å². The molecule has 4 heteroatoms. The predicted octanol–water partition coefficient (Wildman–Crippen LogP) is 5.07. The van der Waals surface area contributed by atoms with Gasteiger partial charge in [-0.05, 0) is 67.1 Å². The molecule has 0 bridgehead atoms. The van der Waals surface area contributed by atoms with Crippen LogP contribution in [0.15, 0.2) is 16.6 Å². The van der Waals surface area contributed by atoms with E-state index in [-0.39, 0.29) is 16.5 Å². The van der Waals surface area contributed by atoms with Gasteiger partial charge in [-0.25, -0.2) is 8.78 Å².